The first kappa shape index (κ1) is 16.0. The molecule has 2 aromatic heterocycles. The summed E-state index contributed by atoms with van der Waals surface area (Å²) in [7, 11) is 0. The Labute approximate surface area is 155 Å². The van der Waals surface area contributed by atoms with Gasteiger partial charge in [-0.15, -0.1) is 16.4 Å². The molecule has 2 aliphatic carbocycles. The van der Waals surface area contributed by atoms with E-state index in [1.54, 1.807) is 0 Å². The zero-order valence-electron chi connectivity index (χ0n) is 14.5. The van der Waals surface area contributed by atoms with Crippen LogP contribution < -0.4 is 5.76 Å². The quantitative estimate of drug-likeness (QED) is 0.682. The Bertz CT molecular complexity index is 956. The van der Waals surface area contributed by atoms with Gasteiger partial charge in [0.2, 0.25) is 0 Å². The van der Waals surface area contributed by atoms with Gasteiger partial charge in [-0.25, -0.2) is 4.79 Å². The third-order valence-corrected chi connectivity index (χ3v) is 6.25. The van der Waals surface area contributed by atoms with Crippen LogP contribution in [0.2, 0.25) is 0 Å². The first-order valence-electron chi connectivity index (χ1n) is 9.25. The Morgan fingerprint density at radius 3 is 2.88 bits per heavy atom. The zero-order chi connectivity index (χ0) is 17.5. The average molecular weight is 367 g/mol. The lowest BCUT2D eigenvalue weighted by molar-refractivity contribution is 0.115. The molecule has 1 atom stereocenters. The molecule has 1 aromatic carbocycles. The molecule has 0 saturated heterocycles. The van der Waals surface area contributed by atoms with Gasteiger partial charge in [-0.1, -0.05) is 30.3 Å². The second kappa shape index (κ2) is 6.52. The number of hydrogen-bond donors (Lipinski definition) is 0. The van der Waals surface area contributed by atoms with Crippen LogP contribution in [0.15, 0.2) is 51.0 Å². The lowest BCUT2D eigenvalue weighted by atomic mass is 9.87. The third kappa shape index (κ3) is 2.93. The Morgan fingerprint density at radius 2 is 2.08 bits per heavy atom. The normalized spacial score (nSPS) is 19.7. The Morgan fingerprint density at radius 1 is 1.19 bits per heavy atom. The number of benzene rings is 1. The van der Waals surface area contributed by atoms with Crippen molar-refractivity contribution >= 4 is 11.3 Å². The van der Waals surface area contributed by atoms with Gasteiger partial charge in [-0.3, -0.25) is 4.90 Å². The standard InChI is InChI=1S/C20H21N3O2S/c24-20-23(21-19(25-20)18-9-4-12-26-18)13-22(15-10-11-15)17-8-3-6-14-5-1-2-7-16(14)17/h1-2,4-5,7,9,12,15,17H,3,6,8,10-11,13H2. The van der Waals surface area contributed by atoms with E-state index < -0.39 is 0 Å². The molecule has 6 heteroatoms. The van der Waals surface area contributed by atoms with Crippen molar-refractivity contribution in [1.82, 2.24) is 14.7 Å². The topological polar surface area (TPSA) is 51.3 Å². The monoisotopic (exact) mass is 367 g/mol. The number of aryl methyl sites for hydroxylation is 1. The fourth-order valence-electron chi connectivity index (χ4n) is 4.00. The highest BCUT2D eigenvalue weighted by atomic mass is 32.1. The van der Waals surface area contributed by atoms with Crippen molar-refractivity contribution in [2.24, 2.45) is 0 Å². The minimum atomic E-state index is -0.372. The van der Waals surface area contributed by atoms with Crippen molar-refractivity contribution < 1.29 is 4.42 Å². The summed E-state index contributed by atoms with van der Waals surface area (Å²) in [5.41, 5.74) is 2.86. The smallest absolute Gasteiger partial charge is 0.387 e. The van der Waals surface area contributed by atoms with E-state index in [2.05, 4.69) is 34.3 Å². The molecule has 0 amide bonds. The molecule has 3 aromatic rings. The molecular formula is C20H21N3O2S. The largest absolute Gasteiger partial charge is 0.438 e. The SMILES string of the molecule is O=c1oc(-c2cccs2)nn1CN(C1CC1)C1CCCc2ccccc21. The van der Waals surface area contributed by atoms with Gasteiger partial charge in [0.15, 0.2) is 0 Å². The summed E-state index contributed by atoms with van der Waals surface area (Å²) in [5, 5.41) is 6.42. The number of aromatic nitrogens is 2. The van der Waals surface area contributed by atoms with E-state index in [1.807, 2.05) is 17.5 Å². The van der Waals surface area contributed by atoms with Crippen LogP contribution >= 0.6 is 11.3 Å². The van der Waals surface area contributed by atoms with Crippen molar-refractivity contribution in [2.45, 2.75) is 50.9 Å². The van der Waals surface area contributed by atoms with Crippen LogP contribution in [0, 0.1) is 0 Å². The highest BCUT2D eigenvalue weighted by molar-refractivity contribution is 7.13. The van der Waals surface area contributed by atoms with Gasteiger partial charge in [0.05, 0.1) is 4.88 Å². The molecule has 1 unspecified atom stereocenters. The molecule has 0 bridgehead atoms. The van der Waals surface area contributed by atoms with Crippen molar-refractivity contribution in [3.63, 3.8) is 0 Å². The van der Waals surface area contributed by atoms with Crippen LogP contribution in [0.3, 0.4) is 0 Å². The number of thiophene rings is 1. The van der Waals surface area contributed by atoms with Crippen LogP contribution in [0.4, 0.5) is 0 Å². The number of rotatable bonds is 5. The first-order chi connectivity index (χ1) is 12.8. The van der Waals surface area contributed by atoms with E-state index in [-0.39, 0.29) is 5.76 Å². The van der Waals surface area contributed by atoms with E-state index in [0.717, 1.165) is 17.7 Å². The van der Waals surface area contributed by atoms with E-state index >= 15 is 0 Å². The van der Waals surface area contributed by atoms with Crippen LogP contribution in [0.1, 0.15) is 42.9 Å². The van der Waals surface area contributed by atoms with Gasteiger partial charge in [0, 0.05) is 12.1 Å². The minimum Gasteiger partial charge on any atom is -0.387 e. The zero-order valence-corrected chi connectivity index (χ0v) is 15.3. The van der Waals surface area contributed by atoms with E-state index in [1.165, 1.54) is 46.4 Å². The average Bonchev–Trinajstić information content (AvgIpc) is 3.22. The number of nitrogens with zero attached hydrogens (tertiary/aromatic N) is 3. The second-order valence-electron chi connectivity index (χ2n) is 7.14. The lowest BCUT2D eigenvalue weighted by Gasteiger charge is -2.35. The molecular weight excluding hydrogens is 346 g/mol. The summed E-state index contributed by atoms with van der Waals surface area (Å²) < 4.78 is 6.89. The maximum Gasteiger partial charge on any atom is 0.438 e. The van der Waals surface area contributed by atoms with Crippen LogP contribution in [0.25, 0.3) is 10.8 Å². The summed E-state index contributed by atoms with van der Waals surface area (Å²) in [6.45, 7) is 0.497. The summed E-state index contributed by atoms with van der Waals surface area (Å²) in [4.78, 5) is 15.7. The van der Waals surface area contributed by atoms with Crippen molar-refractivity contribution in [2.75, 3.05) is 0 Å². The van der Waals surface area contributed by atoms with Gasteiger partial charge < -0.3 is 4.42 Å². The molecule has 0 aliphatic heterocycles. The van der Waals surface area contributed by atoms with Gasteiger partial charge in [-0.2, -0.15) is 4.68 Å². The molecule has 2 aliphatic rings. The van der Waals surface area contributed by atoms with E-state index in [4.69, 9.17) is 4.42 Å². The highest BCUT2D eigenvalue weighted by Crippen LogP contribution is 2.40. The molecule has 0 spiro atoms. The predicted octanol–water partition coefficient (Wildman–Crippen LogP) is 4.06. The Hall–Kier alpha value is -2.18. The van der Waals surface area contributed by atoms with Crippen molar-refractivity contribution in [3.8, 4) is 10.8 Å². The van der Waals surface area contributed by atoms with Gasteiger partial charge in [0.25, 0.3) is 5.89 Å². The maximum atomic E-state index is 12.4. The van der Waals surface area contributed by atoms with E-state index in [9.17, 15) is 4.79 Å². The van der Waals surface area contributed by atoms with Crippen molar-refractivity contribution in [1.29, 1.82) is 0 Å². The molecule has 26 heavy (non-hydrogen) atoms. The highest BCUT2D eigenvalue weighted by Gasteiger charge is 2.37. The summed E-state index contributed by atoms with van der Waals surface area (Å²) in [6.07, 6.45) is 5.88. The van der Waals surface area contributed by atoms with Crippen LogP contribution in [-0.4, -0.2) is 20.7 Å². The van der Waals surface area contributed by atoms with E-state index in [0.29, 0.717) is 24.6 Å². The molecule has 1 saturated carbocycles. The summed E-state index contributed by atoms with van der Waals surface area (Å²) in [5.74, 6) is 0.0490. The minimum absolute atomic E-state index is 0.362. The summed E-state index contributed by atoms with van der Waals surface area (Å²) >= 11 is 1.53. The molecule has 2 heterocycles. The fourth-order valence-corrected chi connectivity index (χ4v) is 4.64. The lowest BCUT2D eigenvalue weighted by Crippen LogP contribution is -2.37. The molecule has 0 radical (unpaired) electrons. The van der Waals surface area contributed by atoms with Gasteiger partial charge >= 0.3 is 5.76 Å². The second-order valence-corrected chi connectivity index (χ2v) is 8.09. The summed E-state index contributed by atoms with van der Waals surface area (Å²) in [6, 6.07) is 13.5. The molecule has 1 fully saturated rings. The number of fused-ring (bicyclic) bond motifs is 1. The van der Waals surface area contributed by atoms with Gasteiger partial charge in [-0.05, 0) is 54.7 Å². The molecule has 5 rings (SSSR count). The van der Waals surface area contributed by atoms with Crippen molar-refractivity contribution in [3.05, 3.63) is 63.5 Å². The van der Waals surface area contributed by atoms with Crippen LogP contribution in [-0.2, 0) is 13.1 Å². The fraction of sp³-hybridized carbons (Fsp3) is 0.400. The third-order valence-electron chi connectivity index (χ3n) is 5.39. The molecule has 134 valence electrons. The molecule has 0 N–H and O–H groups in total. The first-order valence-corrected chi connectivity index (χ1v) is 10.1. The number of hydrogen-bond acceptors (Lipinski definition) is 5. The predicted molar refractivity (Wildman–Crippen MR) is 101 cm³/mol. The van der Waals surface area contributed by atoms with Crippen LogP contribution in [0.5, 0.6) is 0 Å². The molecule has 5 nitrogen and oxygen atoms in total. The Kier molecular flexibility index (Phi) is 4.02. The Balaban J connectivity index is 1.46. The van der Waals surface area contributed by atoms with Gasteiger partial charge in [0.1, 0.15) is 6.67 Å². The maximum absolute atomic E-state index is 12.4.